The summed E-state index contributed by atoms with van der Waals surface area (Å²) in [6.07, 6.45) is 7.32. The summed E-state index contributed by atoms with van der Waals surface area (Å²) in [4.78, 5) is 9.63. The van der Waals surface area contributed by atoms with E-state index in [1.54, 1.807) is 0 Å². The molecule has 0 bridgehead atoms. The van der Waals surface area contributed by atoms with Gasteiger partial charge >= 0.3 is 0 Å². The first-order chi connectivity index (χ1) is 9.74. The van der Waals surface area contributed by atoms with Gasteiger partial charge in [0.05, 0.1) is 5.75 Å². The second-order valence-corrected chi connectivity index (χ2v) is 6.96. The summed E-state index contributed by atoms with van der Waals surface area (Å²) in [5.41, 5.74) is 2.68. The molecule has 1 N–H and O–H groups in total. The van der Waals surface area contributed by atoms with Crippen LogP contribution in [0.3, 0.4) is 0 Å². The van der Waals surface area contributed by atoms with Gasteiger partial charge in [-0.2, -0.15) is 11.8 Å². The van der Waals surface area contributed by atoms with Crippen LogP contribution in [-0.4, -0.2) is 21.8 Å². The minimum atomic E-state index is 0.681. The Hall–Kier alpha value is -0.770. The number of nitrogens with zero attached hydrogens (tertiary/aromatic N) is 2. The highest BCUT2D eigenvalue weighted by atomic mass is 32.2. The van der Waals surface area contributed by atoms with Crippen molar-refractivity contribution in [3.05, 3.63) is 17.1 Å². The Morgan fingerprint density at radius 1 is 1.15 bits per heavy atom. The average molecular weight is 293 g/mol. The van der Waals surface area contributed by atoms with E-state index in [2.05, 4.69) is 26.1 Å². The molecule has 1 aromatic heterocycles. The molecular weight excluding hydrogens is 266 g/mol. The first-order valence-corrected chi connectivity index (χ1v) is 9.03. The van der Waals surface area contributed by atoms with Crippen molar-refractivity contribution in [2.24, 2.45) is 0 Å². The van der Waals surface area contributed by atoms with Crippen LogP contribution in [-0.2, 0) is 18.6 Å². The zero-order valence-corrected chi connectivity index (χ0v) is 13.9. The van der Waals surface area contributed by atoms with E-state index >= 15 is 0 Å². The van der Waals surface area contributed by atoms with Crippen molar-refractivity contribution in [2.75, 3.05) is 11.9 Å². The van der Waals surface area contributed by atoms with Gasteiger partial charge in [-0.05, 0) is 39.0 Å². The highest BCUT2D eigenvalue weighted by molar-refractivity contribution is 7.99. The van der Waals surface area contributed by atoms with Crippen molar-refractivity contribution < 1.29 is 0 Å². The number of aromatic nitrogens is 2. The fraction of sp³-hybridized carbons (Fsp3) is 0.750. The molecule has 112 valence electrons. The fourth-order valence-corrected chi connectivity index (χ4v) is 3.33. The van der Waals surface area contributed by atoms with E-state index in [0.717, 1.165) is 36.8 Å². The molecule has 0 fully saturated rings. The lowest BCUT2D eigenvalue weighted by Gasteiger charge is -2.15. The Morgan fingerprint density at radius 3 is 2.70 bits per heavy atom. The van der Waals surface area contributed by atoms with Crippen LogP contribution in [0, 0.1) is 0 Å². The Kier molecular flexibility index (Phi) is 6.14. The fourth-order valence-electron chi connectivity index (χ4n) is 2.53. The molecule has 0 saturated heterocycles. The summed E-state index contributed by atoms with van der Waals surface area (Å²) < 4.78 is 0. The Labute approximate surface area is 127 Å². The highest BCUT2D eigenvalue weighted by Gasteiger charge is 2.16. The summed E-state index contributed by atoms with van der Waals surface area (Å²) >= 11 is 1.96. The van der Waals surface area contributed by atoms with Crippen molar-refractivity contribution in [1.29, 1.82) is 0 Å². The van der Waals surface area contributed by atoms with Gasteiger partial charge in [-0.15, -0.1) is 0 Å². The maximum atomic E-state index is 4.85. The number of rotatable bonds is 6. The molecule has 0 spiro atoms. The van der Waals surface area contributed by atoms with Gasteiger partial charge in [-0.1, -0.05) is 20.3 Å². The van der Waals surface area contributed by atoms with E-state index in [9.17, 15) is 0 Å². The standard InChI is InChI=1S/C16H27N3S/c1-4-12(3)20-11-15-18-14-10-8-6-7-9-13(14)16(19-15)17-5-2/h12H,4-11H2,1-3H3,(H,17,18,19). The molecule has 1 heterocycles. The van der Waals surface area contributed by atoms with Crippen molar-refractivity contribution in [2.45, 2.75) is 70.3 Å². The van der Waals surface area contributed by atoms with E-state index in [1.807, 2.05) is 11.8 Å². The van der Waals surface area contributed by atoms with E-state index in [0.29, 0.717) is 5.25 Å². The number of fused-ring (bicyclic) bond motifs is 1. The van der Waals surface area contributed by atoms with Gasteiger partial charge in [0.2, 0.25) is 0 Å². The molecule has 2 rings (SSSR count). The predicted octanol–water partition coefficient (Wildman–Crippen LogP) is 4.21. The lowest BCUT2D eigenvalue weighted by molar-refractivity contribution is 0.708. The summed E-state index contributed by atoms with van der Waals surface area (Å²) in [6, 6.07) is 0. The van der Waals surface area contributed by atoms with Crippen LogP contribution >= 0.6 is 11.8 Å². The molecular formula is C16H27N3S. The van der Waals surface area contributed by atoms with E-state index in [4.69, 9.17) is 9.97 Å². The number of aryl methyl sites for hydroxylation is 1. The quantitative estimate of drug-likeness (QED) is 0.797. The summed E-state index contributed by atoms with van der Waals surface area (Å²) in [5, 5.41) is 4.13. The van der Waals surface area contributed by atoms with Gasteiger partial charge in [0.25, 0.3) is 0 Å². The van der Waals surface area contributed by atoms with E-state index in [1.165, 1.54) is 36.9 Å². The van der Waals surface area contributed by atoms with E-state index in [-0.39, 0.29) is 0 Å². The van der Waals surface area contributed by atoms with Gasteiger partial charge < -0.3 is 5.32 Å². The largest absolute Gasteiger partial charge is 0.370 e. The topological polar surface area (TPSA) is 37.8 Å². The maximum Gasteiger partial charge on any atom is 0.140 e. The molecule has 1 aliphatic carbocycles. The number of anilines is 1. The Bertz CT molecular complexity index is 434. The van der Waals surface area contributed by atoms with Crippen LogP contribution in [0.5, 0.6) is 0 Å². The van der Waals surface area contributed by atoms with Gasteiger partial charge in [0.1, 0.15) is 11.6 Å². The monoisotopic (exact) mass is 293 g/mol. The van der Waals surface area contributed by atoms with Gasteiger partial charge in [-0.3, -0.25) is 0 Å². The Balaban J connectivity index is 2.20. The van der Waals surface area contributed by atoms with Crippen LogP contribution in [0.1, 0.15) is 63.5 Å². The van der Waals surface area contributed by atoms with Crippen molar-refractivity contribution >= 4 is 17.6 Å². The second-order valence-electron chi connectivity index (χ2n) is 5.53. The third kappa shape index (κ3) is 4.11. The predicted molar refractivity (Wildman–Crippen MR) is 88.5 cm³/mol. The van der Waals surface area contributed by atoms with Crippen LogP contribution in [0.2, 0.25) is 0 Å². The minimum absolute atomic E-state index is 0.681. The molecule has 1 unspecified atom stereocenters. The molecule has 1 aliphatic rings. The molecule has 0 aliphatic heterocycles. The van der Waals surface area contributed by atoms with Crippen molar-refractivity contribution in [3.63, 3.8) is 0 Å². The molecule has 0 saturated carbocycles. The third-order valence-corrected chi connectivity index (χ3v) is 5.22. The van der Waals surface area contributed by atoms with Crippen molar-refractivity contribution in [1.82, 2.24) is 9.97 Å². The summed E-state index contributed by atoms with van der Waals surface area (Å²) in [5.74, 6) is 3.03. The smallest absolute Gasteiger partial charge is 0.140 e. The lowest BCUT2D eigenvalue weighted by Crippen LogP contribution is -2.11. The first-order valence-electron chi connectivity index (χ1n) is 7.98. The average Bonchev–Trinajstić information content (AvgIpc) is 2.70. The van der Waals surface area contributed by atoms with Gasteiger partial charge in [0, 0.05) is 23.1 Å². The number of hydrogen-bond donors (Lipinski definition) is 1. The Morgan fingerprint density at radius 2 is 1.95 bits per heavy atom. The molecule has 4 heteroatoms. The lowest BCUT2D eigenvalue weighted by atomic mass is 10.1. The maximum absolute atomic E-state index is 4.85. The first kappa shape index (κ1) is 15.6. The van der Waals surface area contributed by atoms with E-state index < -0.39 is 0 Å². The summed E-state index contributed by atoms with van der Waals surface area (Å²) in [7, 11) is 0. The molecule has 20 heavy (non-hydrogen) atoms. The number of hydrogen-bond acceptors (Lipinski definition) is 4. The number of thioether (sulfide) groups is 1. The molecule has 1 aromatic rings. The van der Waals surface area contributed by atoms with Crippen LogP contribution in [0.15, 0.2) is 0 Å². The minimum Gasteiger partial charge on any atom is -0.370 e. The van der Waals surface area contributed by atoms with Crippen LogP contribution < -0.4 is 5.32 Å². The summed E-state index contributed by atoms with van der Waals surface area (Å²) in [6.45, 7) is 7.58. The normalized spacial score (nSPS) is 16.4. The zero-order valence-electron chi connectivity index (χ0n) is 13.0. The van der Waals surface area contributed by atoms with Crippen LogP contribution in [0.25, 0.3) is 0 Å². The third-order valence-electron chi connectivity index (χ3n) is 3.90. The SMILES string of the molecule is CCNc1nc(CSC(C)CC)nc2c1CCCCC2. The molecule has 1 atom stereocenters. The van der Waals surface area contributed by atoms with Crippen LogP contribution in [0.4, 0.5) is 5.82 Å². The zero-order chi connectivity index (χ0) is 14.4. The van der Waals surface area contributed by atoms with Crippen molar-refractivity contribution in [3.8, 4) is 0 Å². The number of nitrogens with one attached hydrogen (secondary N) is 1. The second kappa shape index (κ2) is 7.87. The molecule has 0 amide bonds. The molecule has 3 nitrogen and oxygen atoms in total. The highest BCUT2D eigenvalue weighted by Crippen LogP contribution is 2.26. The molecule has 0 radical (unpaired) electrons. The van der Waals surface area contributed by atoms with Gasteiger partial charge in [0.15, 0.2) is 0 Å². The molecule has 0 aromatic carbocycles. The van der Waals surface area contributed by atoms with Gasteiger partial charge in [-0.25, -0.2) is 9.97 Å².